The zero-order valence-electron chi connectivity index (χ0n) is 6.94. The lowest BCUT2D eigenvalue weighted by Gasteiger charge is -2.20. The molecule has 0 aromatic heterocycles. The maximum atomic E-state index is 5.72. The van der Waals surface area contributed by atoms with Crippen molar-refractivity contribution in [1.29, 1.82) is 0 Å². The van der Waals surface area contributed by atoms with Gasteiger partial charge in [0.05, 0.1) is 0 Å². The molecule has 1 heterocycles. The van der Waals surface area contributed by atoms with E-state index in [0.717, 1.165) is 6.61 Å². The van der Waals surface area contributed by atoms with Gasteiger partial charge in [0.1, 0.15) is 0 Å². The van der Waals surface area contributed by atoms with Crippen LogP contribution < -0.4 is 0 Å². The van der Waals surface area contributed by atoms with Gasteiger partial charge in [0, 0.05) is 6.61 Å². The highest BCUT2D eigenvalue weighted by molar-refractivity contribution is 6.51. The molecule has 60 valence electrons. The Bertz CT molecular complexity index is 79.3. The lowest BCUT2D eigenvalue weighted by molar-refractivity contribution is 0.286. The zero-order valence-corrected chi connectivity index (χ0v) is 8.09. The van der Waals surface area contributed by atoms with Gasteiger partial charge in [-0.2, -0.15) is 0 Å². The second-order valence-electron chi connectivity index (χ2n) is 3.13. The van der Waals surface area contributed by atoms with Gasteiger partial charge < -0.3 is 4.43 Å². The second-order valence-corrected chi connectivity index (χ2v) is 5.86. The maximum Gasteiger partial charge on any atom is 0.176 e. The molecule has 0 aliphatic carbocycles. The molecule has 1 aliphatic heterocycles. The summed E-state index contributed by atoms with van der Waals surface area (Å²) in [7, 11) is -0.644. The predicted molar refractivity (Wildman–Crippen MR) is 46.9 cm³/mol. The molecule has 0 aromatic rings. The van der Waals surface area contributed by atoms with E-state index in [0.29, 0.717) is 0 Å². The van der Waals surface area contributed by atoms with Gasteiger partial charge in [-0.15, -0.1) is 0 Å². The summed E-state index contributed by atoms with van der Waals surface area (Å²) in [5.74, 6) is 0. The Kier molecular flexibility index (Phi) is 4.06. The summed E-state index contributed by atoms with van der Waals surface area (Å²) >= 11 is 0. The van der Waals surface area contributed by atoms with Gasteiger partial charge in [-0.05, 0) is 18.5 Å². The number of hydrogen-bond acceptors (Lipinski definition) is 1. The minimum atomic E-state index is -0.644. The molecule has 0 amide bonds. The molecule has 1 fully saturated rings. The van der Waals surface area contributed by atoms with E-state index < -0.39 is 9.04 Å². The largest absolute Gasteiger partial charge is 0.420 e. The summed E-state index contributed by atoms with van der Waals surface area (Å²) in [4.78, 5) is 0. The molecule has 10 heavy (non-hydrogen) atoms. The Morgan fingerprint density at radius 2 is 2.30 bits per heavy atom. The van der Waals surface area contributed by atoms with Crippen molar-refractivity contribution in [3.8, 4) is 0 Å². The van der Waals surface area contributed by atoms with E-state index in [-0.39, 0.29) is 0 Å². The van der Waals surface area contributed by atoms with Gasteiger partial charge in [0.25, 0.3) is 0 Å². The fraction of sp³-hybridized carbons (Fsp3) is 1.00. The van der Waals surface area contributed by atoms with Crippen LogP contribution in [0.5, 0.6) is 0 Å². The molecule has 1 nitrogen and oxygen atoms in total. The summed E-state index contributed by atoms with van der Waals surface area (Å²) in [6.45, 7) is 3.33. The van der Waals surface area contributed by atoms with Crippen LogP contribution in [0.4, 0.5) is 0 Å². The van der Waals surface area contributed by atoms with Crippen molar-refractivity contribution in [2.75, 3.05) is 6.61 Å². The topological polar surface area (TPSA) is 9.23 Å². The average molecular weight is 158 g/mol. The van der Waals surface area contributed by atoms with Crippen molar-refractivity contribution >= 4 is 9.04 Å². The van der Waals surface area contributed by atoms with E-state index in [1.807, 2.05) is 0 Å². The van der Waals surface area contributed by atoms with Gasteiger partial charge in [-0.25, -0.2) is 0 Å². The van der Waals surface area contributed by atoms with Gasteiger partial charge in [0.2, 0.25) is 0 Å². The second kappa shape index (κ2) is 4.91. The molecule has 1 saturated heterocycles. The Hall–Kier alpha value is 0.177. The van der Waals surface area contributed by atoms with Crippen molar-refractivity contribution in [2.45, 2.75) is 44.7 Å². The summed E-state index contributed by atoms with van der Waals surface area (Å²) in [6, 6.07) is 2.87. The van der Waals surface area contributed by atoms with Crippen LogP contribution in [-0.4, -0.2) is 15.6 Å². The Morgan fingerprint density at radius 3 is 2.90 bits per heavy atom. The van der Waals surface area contributed by atoms with Crippen molar-refractivity contribution in [2.24, 2.45) is 0 Å². The third-order valence-electron chi connectivity index (χ3n) is 2.15. The molecule has 0 N–H and O–H groups in total. The Labute approximate surface area is 65.5 Å². The lowest BCUT2D eigenvalue weighted by atomic mass is 10.4. The lowest BCUT2D eigenvalue weighted by Crippen LogP contribution is -2.22. The summed E-state index contributed by atoms with van der Waals surface area (Å²) in [6.07, 6.45) is 5.50. The molecule has 0 radical (unpaired) electrons. The fourth-order valence-electron chi connectivity index (χ4n) is 1.47. The molecule has 1 atom stereocenters. The summed E-state index contributed by atoms with van der Waals surface area (Å²) in [5.41, 5.74) is 0. The van der Waals surface area contributed by atoms with E-state index in [2.05, 4.69) is 6.92 Å². The quantitative estimate of drug-likeness (QED) is 0.573. The van der Waals surface area contributed by atoms with E-state index in [4.69, 9.17) is 4.43 Å². The highest BCUT2D eigenvalue weighted by Crippen LogP contribution is 2.15. The van der Waals surface area contributed by atoms with Crippen LogP contribution in [0.2, 0.25) is 12.1 Å². The molecule has 0 aromatic carbocycles. The van der Waals surface area contributed by atoms with Crippen molar-refractivity contribution in [3.05, 3.63) is 0 Å². The SMILES string of the molecule is CCCC[SiH]1CCCCO1. The number of hydrogen-bond donors (Lipinski definition) is 0. The van der Waals surface area contributed by atoms with Gasteiger partial charge in [-0.3, -0.25) is 0 Å². The summed E-state index contributed by atoms with van der Waals surface area (Å²) < 4.78 is 5.72. The van der Waals surface area contributed by atoms with Crippen molar-refractivity contribution in [1.82, 2.24) is 0 Å². The van der Waals surface area contributed by atoms with E-state index in [1.165, 1.54) is 37.8 Å². The van der Waals surface area contributed by atoms with Crippen LogP contribution in [0.25, 0.3) is 0 Å². The molecule has 0 saturated carbocycles. The highest BCUT2D eigenvalue weighted by atomic mass is 28.3. The first kappa shape index (κ1) is 8.28. The van der Waals surface area contributed by atoms with Crippen LogP contribution >= 0.6 is 0 Å². The van der Waals surface area contributed by atoms with E-state index in [9.17, 15) is 0 Å². The smallest absolute Gasteiger partial charge is 0.176 e. The molecule has 1 aliphatic rings. The van der Waals surface area contributed by atoms with Crippen LogP contribution in [-0.2, 0) is 4.43 Å². The third kappa shape index (κ3) is 2.84. The van der Waals surface area contributed by atoms with Crippen molar-refractivity contribution < 1.29 is 4.43 Å². The standard InChI is InChI=1S/C8H18OSi/c1-2-3-7-10-8-5-4-6-9-10/h10H,2-8H2,1H3. The normalized spacial score (nSPS) is 26.7. The maximum absolute atomic E-state index is 5.72. The third-order valence-corrected chi connectivity index (χ3v) is 4.97. The van der Waals surface area contributed by atoms with Gasteiger partial charge in [0.15, 0.2) is 9.04 Å². The first-order valence-electron chi connectivity index (χ1n) is 4.55. The van der Waals surface area contributed by atoms with Crippen LogP contribution in [0.15, 0.2) is 0 Å². The molecule has 1 rings (SSSR count). The first-order valence-corrected chi connectivity index (χ1v) is 6.65. The molecule has 0 spiro atoms. The van der Waals surface area contributed by atoms with Crippen LogP contribution in [0.1, 0.15) is 32.6 Å². The Balaban J connectivity index is 2.02. The molecular formula is C8H18OSi. The number of rotatable bonds is 3. The highest BCUT2D eigenvalue weighted by Gasteiger charge is 2.14. The van der Waals surface area contributed by atoms with E-state index in [1.54, 1.807) is 0 Å². The minimum absolute atomic E-state index is 0.644. The molecule has 0 bridgehead atoms. The predicted octanol–water partition coefficient (Wildman–Crippen LogP) is 2.32. The zero-order chi connectivity index (χ0) is 7.23. The monoisotopic (exact) mass is 158 g/mol. The van der Waals surface area contributed by atoms with Gasteiger partial charge in [-0.1, -0.05) is 26.2 Å². The van der Waals surface area contributed by atoms with E-state index >= 15 is 0 Å². The average Bonchev–Trinajstić information content (AvgIpc) is 2.03. The minimum Gasteiger partial charge on any atom is -0.420 e. The first-order chi connectivity index (χ1) is 4.93. The summed E-state index contributed by atoms with van der Waals surface area (Å²) in [5, 5.41) is 0. The molecule has 2 heteroatoms. The van der Waals surface area contributed by atoms with Crippen LogP contribution in [0, 0.1) is 0 Å². The van der Waals surface area contributed by atoms with Crippen LogP contribution in [0.3, 0.4) is 0 Å². The number of unbranched alkanes of at least 4 members (excludes halogenated alkanes) is 1. The molecular weight excluding hydrogens is 140 g/mol. The van der Waals surface area contributed by atoms with Gasteiger partial charge >= 0.3 is 0 Å². The van der Waals surface area contributed by atoms with Crippen molar-refractivity contribution in [3.63, 3.8) is 0 Å². The Morgan fingerprint density at radius 1 is 1.40 bits per heavy atom. The molecule has 1 unspecified atom stereocenters. The fourth-order valence-corrected chi connectivity index (χ4v) is 4.20.